The first-order valence-electron chi connectivity index (χ1n) is 8.59. The first kappa shape index (κ1) is 16.8. The summed E-state index contributed by atoms with van der Waals surface area (Å²) in [6.07, 6.45) is 2.19. The highest BCUT2D eigenvalue weighted by atomic mass is 32.2. The lowest BCUT2D eigenvalue weighted by atomic mass is 10.1. The summed E-state index contributed by atoms with van der Waals surface area (Å²) in [4.78, 5) is 17.7. The first-order chi connectivity index (χ1) is 11.8. The molecule has 2 amide bonds. The van der Waals surface area contributed by atoms with Gasteiger partial charge < -0.3 is 14.2 Å². The van der Waals surface area contributed by atoms with E-state index in [1.165, 1.54) is 4.90 Å². The minimum absolute atomic E-state index is 0.0188. The maximum atomic E-state index is 12.4. The molecule has 3 aliphatic rings. The number of nitrogens with zero attached hydrogens (tertiary/aromatic N) is 5. The van der Waals surface area contributed by atoms with E-state index in [0.717, 1.165) is 12.8 Å². The summed E-state index contributed by atoms with van der Waals surface area (Å²) in [5.74, 6) is 1.70. The van der Waals surface area contributed by atoms with Crippen molar-refractivity contribution < 1.29 is 17.6 Å². The van der Waals surface area contributed by atoms with Crippen molar-refractivity contribution in [2.24, 2.45) is 0 Å². The van der Waals surface area contributed by atoms with E-state index in [0.29, 0.717) is 37.3 Å². The largest absolute Gasteiger partial charge is 0.424 e. The maximum Gasteiger partial charge on any atom is 0.319 e. The summed E-state index contributed by atoms with van der Waals surface area (Å²) in [6, 6.07) is -0.682. The van der Waals surface area contributed by atoms with Crippen LogP contribution in [-0.4, -0.2) is 90.1 Å². The van der Waals surface area contributed by atoms with Gasteiger partial charge in [0.2, 0.25) is 11.8 Å². The van der Waals surface area contributed by atoms with E-state index < -0.39 is 9.84 Å². The fourth-order valence-corrected chi connectivity index (χ4v) is 5.73. The summed E-state index contributed by atoms with van der Waals surface area (Å²) in [5.41, 5.74) is 0. The molecule has 25 heavy (non-hydrogen) atoms. The van der Waals surface area contributed by atoms with E-state index in [9.17, 15) is 13.2 Å². The Kier molecular flexibility index (Phi) is 3.99. The normalized spacial score (nSPS) is 28.8. The number of carbonyl (C=O) groups excluding carboxylic acids is 1. The molecule has 0 N–H and O–H groups in total. The number of rotatable bonds is 3. The molecule has 1 saturated carbocycles. The molecule has 2 unspecified atom stereocenters. The van der Waals surface area contributed by atoms with E-state index in [-0.39, 0.29) is 29.6 Å². The lowest BCUT2D eigenvalue weighted by Crippen LogP contribution is -2.61. The third kappa shape index (κ3) is 3.24. The molecule has 10 heteroatoms. The van der Waals surface area contributed by atoms with E-state index in [2.05, 4.69) is 15.1 Å². The summed E-state index contributed by atoms with van der Waals surface area (Å²) < 4.78 is 30.1. The molecule has 9 nitrogen and oxygen atoms in total. The maximum absolute atomic E-state index is 12.4. The van der Waals surface area contributed by atoms with Crippen molar-refractivity contribution in [2.45, 2.75) is 37.4 Å². The summed E-state index contributed by atoms with van der Waals surface area (Å²) in [5, 5.41) is 8.20. The van der Waals surface area contributed by atoms with Crippen LogP contribution in [0.4, 0.5) is 4.79 Å². The summed E-state index contributed by atoms with van der Waals surface area (Å²) in [7, 11) is 0.206. The van der Waals surface area contributed by atoms with Gasteiger partial charge in [0.15, 0.2) is 9.84 Å². The van der Waals surface area contributed by atoms with Gasteiger partial charge >= 0.3 is 6.03 Å². The fourth-order valence-electron chi connectivity index (χ4n) is 3.71. The van der Waals surface area contributed by atoms with Gasteiger partial charge in [0.25, 0.3) is 0 Å². The molecule has 0 radical (unpaired) electrons. The second kappa shape index (κ2) is 5.94. The molecule has 1 aromatic heterocycles. The van der Waals surface area contributed by atoms with Crippen molar-refractivity contribution in [1.29, 1.82) is 0 Å². The Hall–Kier alpha value is -1.68. The Morgan fingerprint density at radius 1 is 1.20 bits per heavy atom. The van der Waals surface area contributed by atoms with Gasteiger partial charge in [-0.2, -0.15) is 0 Å². The highest BCUT2D eigenvalue weighted by molar-refractivity contribution is 7.91. The van der Waals surface area contributed by atoms with Gasteiger partial charge in [0.05, 0.1) is 24.1 Å². The molecule has 1 aliphatic carbocycles. The standard InChI is InChI=1S/C15H23N5O4S/c1-18(2)15(21)20-6-5-19(11-8-25(22,23)9-12(11)20)7-13-16-17-14(24-13)10-3-4-10/h10-12H,3-9H2,1-2H3. The number of carbonyl (C=O) groups is 1. The molecule has 3 fully saturated rings. The molecular formula is C15H23N5O4S. The smallest absolute Gasteiger partial charge is 0.319 e. The molecule has 0 spiro atoms. The van der Waals surface area contributed by atoms with Crippen LogP contribution in [0.15, 0.2) is 4.42 Å². The molecule has 3 heterocycles. The Morgan fingerprint density at radius 2 is 1.92 bits per heavy atom. The van der Waals surface area contributed by atoms with Crippen LogP contribution in [0.25, 0.3) is 0 Å². The Labute approximate surface area is 146 Å². The molecule has 2 atom stereocenters. The van der Waals surface area contributed by atoms with Crippen LogP contribution in [0, 0.1) is 0 Å². The predicted molar refractivity (Wildman–Crippen MR) is 88.7 cm³/mol. The van der Waals surface area contributed by atoms with Gasteiger partial charge in [0.1, 0.15) is 0 Å². The van der Waals surface area contributed by atoms with Gasteiger partial charge in [-0.15, -0.1) is 10.2 Å². The van der Waals surface area contributed by atoms with E-state index >= 15 is 0 Å². The number of sulfone groups is 1. The van der Waals surface area contributed by atoms with Crippen LogP contribution in [-0.2, 0) is 16.4 Å². The van der Waals surface area contributed by atoms with Gasteiger partial charge in [0, 0.05) is 39.1 Å². The van der Waals surface area contributed by atoms with Gasteiger partial charge in [-0.05, 0) is 12.8 Å². The molecular weight excluding hydrogens is 346 g/mol. The van der Waals surface area contributed by atoms with Crippen molar-refractivity contribution in [3.63, 3.8) is 0 Å². The molecule has 0 bridgehead atoms. The lowest BCUT2D eigenvalue weighted by molar-refractivity contribution is 0.0470. The molecule has 2 aliphatic heterocycles. The molecule has 4 rings (SSSR count). The Bertz CT molecular complexity index is 773. The van der Waals surface area contributed by atoms with Gasteiger partial charge in [-0.25, -0.2) is 13.2 Å². The van der Waals surface area contributed by atoms with Crippen LogP contribution >= 0.6 is 0 Å². The van der Waals surface area contributed by atoms with Gasteiger partial charge in [-0.3, -0.25) is 4.90 Å². The van der Waals surface area contributed by atoms with Crippen LogP contribution in [0.1, 0.15) is 30.5 Å². The van der Waals surface area contributed by atoms with Crippen LogP contribution in [0.3, 0.4) is 0 Å². The number of amides is 2. The molecule has 138 valence electrons. The van der Waals surface area contributed by atoms with Crippen LogP contribution in [0.5, 0.6) is 0 Å². The highest BCUT2D eigenvalue weighted by Crippen LogP contribution is 2.39. The number of aromatic nitrogens is 2. The number of hydrogen-bond acceptors (Lipinski definition) is 7. The Morgan fingerprint density at radius 3 is 2.60 bits per heavy atom. The highest BCUT2D eigenvalue weighted by Gasteiger charge is 2.48. The minimum atomic E-state index is -3.17. The van der Waals surface area contributed by atoms with Crippen LogP contribution in [0.2, 0.25) is 0 Å². The summed E-state index contributed by atoms with van der Waals surface area (Å²) in [6.45, 7) is 1.52. The van der Waals surface area contributed by atoms with Crippen molar-refractivity contribution in [2.75, 3.05) is 38.7 Å². The average molecular weight is 369 g/mol. The second-order valence-electron chi connectivity index (χ2n) is 7.36. The SMILES string of the molecule is CN(C)C(=O)N1CCN(Cc2nnc(C3CC3)o2)C2CS(=O)(=O)CC21. The zero-order valence-electron chi connectivity index (χ0n) is 14.5. The van der Waals surface area contributed by atoms with Crippen molar-refractivity contribution in [3.05, 3.63) is 11.8 Å². The van der Waals surface area contributed by atoms with Gasteiger partial charge in [-0.1, -0.05) is 0 Å². The average Bonchev–Trinajstić information content (AvgIpc) is 3.19. The number of urea groups is 1. The van der Waals surface area contributed by atoms with E-state index in [4.69, 9.17) is 4.42 Å². The van der Waals surface area contributed by atoms with Crippen molar-refractivity contribution in [1.82, 2.24) is 24.9 Å². The van der Waals surface area contributed by atoms with Crippen LogP contribution < -0.4 is 0 Å². The molecule has 0 aromatic carbocycles. The number of hydrogen-bond donors (Lipinski definition) is 0. The van der Waals surface area contributed by atoms with E-state index in [1.807, 2.05) is 0 Å². The van der Waals surface area contributed by atoms with Crippen molar-refractivity contribution in [3.8, 4) is 0 Å². The summed E-state index contributed by atoms with van der Waals surface area (Å²) >= 11 is 0. The quantitative estimate of drug-likeness (QED) is 0.734. The third-order valence-electron chi connectivity index (χ3n) is 5.17. The third-order valence-corrected chi connectivity index (χ3v) is 6.87. The molecule has 2 saturated heterocycles. The first-order valence-corrected chi connectivity index (χ1v) is 10.4. The zero-order chi connectivity index (χ0) is 17.8. The lowest BCUT2D eigenvalue weighted by Gasteiger charge is -2.44. The predicted octanol–water partition coefficient (Wildman–Crippen LogP) is -0.0882. The van der Waals surface area contributed by atoms with Crippen molar-refractivity contribution >= 4 is 15.9 Å². The fraction of sp³-hybridized carbons (Fsp3) is 0.800. The van der Waals surface area contributed by atoms with E-state index in [1.54, 1.807) is 19.0 Å². The molecule has 1 aromatic rings. The topological polar surface area (TPSA) is 99.8 Å². The zero-order valence-corrected chi connectivity index (χ0v) is 15.3. The monoisotopic (exact) mass is 369 g/mol. The number of fused-ring (bicyclic) bond motifs is 1. The number of piperazine rings is 1. The Balaban J connectivity index is 1.52. The minimum Gasteiger partial charge on any atom is -0.424 e. The second-order valence-corrected chi connectivity index (χ2v) is 9.51.